The molecule has 0 fully saturated rings. The van der Waals surface area contributed by atoms with Crippen LogP contribution < -0.4 is 4.74 Å². The van der Waals surface area contributed by atoms with E-state index in [2.05, 4.69) is 40.4 Å². The van der Waals surface area contributed by atoms with E-state index < -0.39 is 14.3 Å². The van der Waals surface area contributed by atoms with Gasteiger partial charge in [-0.3, -0.25) is 0 Å². The highest BCUT2D eigenvalue weighted by Gasteiger charge is 2.37. The van der Waals surface area contributed by atoms with E-state index in [1.807, 2.05) is 24.3 Å². The van der Waals surface area contributed by atoms with Gasteiger partial charge in [0, 0.05) is 12.0 Å². The Bertz CT molecular complexity index is 602. The van der Waals surface area contributed by atoms with E-state index >= 15 is 0 Å². The Morgan fingerprint density at radius 1 is 1.23 bits per heavy atom. The topological polar surface area (TPSA) is 65.0 Å². The fourth-order valence-corrected chi connectivity index (χ4v) is 3.02. The van der Waals surface area contributed by atoms with Crippen LogP contribution in [0.2, 0.25) is 18.1 Å². The average Bonchev–Trinajstić information content (AvgIpc) is 2.56. The number of benzene rings is 1. The Kier molecular flexibility index (Phi) is 8.05. The molecular weight excluding hydrogens is 348 g/mol. The lowest BCUT2D eigenvalue weighted by atomic mass is 10.1. The van der Waals surface area contributed by atoms with E-state index in [0.29, 0.717) is 13.2 Å². The molecular formula is C20H32O5Si. The minimum Gasteiger partial charge on any atom is -0.497 e. The highest BCUT2D eigenvalue weighted by atomic mass is 28.4. The predicted molar refractivity (Wildman–Crippen MR) is 106 cm³/mol. The molecule has 0 aliphatic heterocycles. The van der Waals surface area contributed by atoms with Crippen molar-refractivity contribution in [3.8, 4) is 5.75 Å². The van der Waals surface area contributed by atoms with Crippen LogP contribution in [0.15, 0.2) is 36.4 Å². The highest BCUT2D eigenvalue weighted by Crippen LogP contribution is 2.36. The summed E-state index contributed by atoms with van der Waals surface area (Å²) < 4.78 is 17.3. The molecule has 1 N–H and O–H groups in total. The molecule has 1 rings (SSSR count). The fourth-order valence-electron chi connectivity index (χ4n) is 1.98. The van der Waals surface area contributed by atoms with E-state index in [9.17, 15) is 4.79 Å². The normalized spacial score (nSPS) is 13.3. The first-order chi connectivity index (χ1) is 12.0. The van der Waals surface area contributed by atoms with Crippen molar-refractivity contribution in [2.75, 3.05) is 13.7 Å². The Morgan fingerprint density at radius 2 is 1.81 bits per heavy atom. The van der Waals surface area contributed by atoms with Crippen LogP contribution in [0, 0.1) is 0 Å². The van der Waals surface area contributed by atoms with Crippen molar-refractivity contribution in [1.29, 1.82) is 0 Å². The van der Waals surface area contributed by atoms with Crippen LogP contribution in [0.25, 0.3) is 0 Å². The smallest absolute Gasteiger partial charge is 0.331 e. The van der Waals surface area contributed by atoms with Crippen molar-refractivity contribution < 1.29 is 23.8 Å². The maximum Gasteiger partial charge on any atom is 0.331 e. The second-order valence-electron chi connectivity index (χ2n) is 7.97. The molecule has 1 aromatic rings. The molecule has 0 aliphatic carbocycles. The van der Waals surface area contributed by atoms with Gasteiger partial charge in [-0.05, 0) is 35.8 Å². The van der Waals surface area contributed by atoms with Gasteiger partial charge >= 0.3 is 5.97 Å². The summed E-state index contributed by atoms with van der Waals surface area (Å²) in [6.07, 6.45) is -0.116. The average molecular weight is 381 g/mol. The first-order valence-electron chi connectivity index (χ1n) is 8.76. The van der Waals surface area contributed by atoms with Gasteiger partial charge in [-0.15, -0.1) is 0 Å². The maximum atomic E-state index is 11.1. The molecule has 0 spiro atoms. The Morgan fingerprint density at radius 3 is 2.27 bits per heavy atom. The van der Waals surface area contributed by atoms with Gasteiger partial charge < -0.3 is 19.0 Å². The van der Waals surface area contributed by atoms with Crippen LogP contribution in [0.1, 0.15) is 32.8 Å². The van der Waals surface area contributed by atoms with Gasteiger partial charge in [0.05, 0.1) is 26.4 Å². The molecule has 0 radical (unpaired) electrons. The van der Waals surface area contributed by atoms with Gasteiger partial charge in [0.2, 0.25) is 0 Å². The fraction of sp³-hybridized carbons (Fsp3) is 0.550. The minimum atomic E-state index is -1.94. The molecule has 6 heteroatoms. The van der Waals surface area contributed by atoms with Crippen LogP contribution in [0.4, 0.5) is 0 Å². The van der Waals surface area contributed by atoms with E-state index in [1.165, 1.54) is 0 Å². The van der Waals surface area contributed by atoms with Crippen molar-refractivity contribution in [2.45, 2.75) is 58.0 Å². The Balaban J connectivity index is 2.74. The number of aliphatic carboxylic acids is 1. The van der Waals surface area contributed by atoms with Crippen molar-refractivity contribution in [1.82, 2.24) is 0 Å². The monoisotopic (exact) mass is 380 g/mol. The van der Waals surface area contributed by atoms with Gasteiger partial charge in [-0.2, -0.15) is 0 Å². The molecule has 0 unspecified atom stereocenters. The van der Waals surface area contributed by atoms with E-state index in [-0.39, 0.29) is 23.1 Å². The second kappa shape index (κ2) is 9.35. The first kappa shape index (κ1) is 22.4. The van der Waals surface area contributed by atoms with Crippen molar-refractivity contribution in [2.24, 2.45) is 0 Å². The summed E-state index contributed by atoms with van der Waals surface area (Å²) in [7, 11) is -0.318. The van der Waals surface area contributed by atoms with Crippen LogP contribution >= 0.6 is 0 Å². The molecule has 26 heavy (non-hydrogen) atoms. The molecule has 1 atom stereocenters. The molecule has 0 heterocycles. The van der Waals surface area contributed by atoms with Crippen molar-refractivity contribution in [3.63, 3.8) is 0 Å². The summed E-state index contributed by atoms with van der Waals surface area (Å²) in [4.78, 5) is 11.1. The molecule has 146 valence electrons. The molecule has 0 aromatic heterocycles. The number of methoxy groups -OCH3 is 1. The number of carbonyl (C=O) groups is 1. The zero-order valence-electron chi connectivity index (χ0n) is 16.8. The standard InChI is InChI=1S/C20H32O5Si/c1-15(19(21)22)12-18(14-25-26(6,7)20(2,3)4)24-13-16-8-10-17(23-5)11-9-16/h8-11,18H,1,12-14H2,2-7H3,(H,21,22)/t18-/m0/s1. The third-order valence-electron chi connectivity index (χ3n) is 4.86. The quantitative estimate of drug-likeness (QED) is 0.473. The third-order valence-corrected chi connectivity index (χ3v) is 9.36. The number of hydrogen-bond donors (Lipinski definition) is 1. The molecule has 1 aromatic carbocycles. The summed E-state index contributed by atoms with van der Waals surface area (Å²) >= 11 is 0. The van der Waals surface area contributed by atoms with Crippen LogP contribution in [-0.2, 0) is 20.6 Å². The van der Waals surface area contributed by atoms with E-state index in [0.717, 1.165) is 11.3 Å². The van der Waals surface area contributed by atoms with Gasteiger partial charge in [0.1, 0.15) is 5.75 Å². The van der Waals surface area contributed by atoms with E-state index in [1.54, 1.807) is 7.11 Å². The van der Waals surface area contributed by atoms with E-state index in [4.69, 9.17) is 19.0 Å². The highest BCUT2D eigenvalue weighted by molar-refractivity contribution is 6.74. The lowest BCUT2D eigenvalue weighted by molar-refractivity contribution is -0.133. The first-order valence-corrected chi connectivity index (χ1v) is 11.7. The maximum absolute atomic E-state index is 11.1. The number of ether oxygens (including phenoxy) is 2. The second-order valence-corrected chi connectivity index (χ2v) is 12.8. The third kappa shape index (κ3) is 6.94. The predicted octanol–water partition coefficient (Wildman–Crippen LogP) is 4.63. The van der Waals surface area contributed by atoms with Crippen LogP contribution in [-0.4, -0.2) is 39.2 Å². The number of carboxylic acid groups (broad SMARTS) is 1. The number of hydrogen-bond acceptors (Lipinski definition) is 4. The SMILES string of the molecule is C=C(C[C@@H](CO[Si](C)(C)C(C)(C)C)OCc1ccc(OC)cc1)C(=O)O. The largest absolute Gasteiger partial charge is 0.497 e. The summed E-state index contributed by atoms with van der Waals surface area (Å²) in [5, 5.41) is 9.21. The zero-order chi connectivity index (χ0) is 20.0. The molecule has 5 nitrogen and oxygen atoms in total. The summed E-state index contributed by atoms with van der Waals surface area (Å²) in [6.45, 7) is 15.2. The van der Waals surface area contributed by atoms with Gasteiger partial charge in [0.25, 0.3) is 0 Å². The van der Waals surface area contributed by atoms with Crippen LogP contribution in [0.5, 0.6) is 5.75 Å². The van der Waals surface area contributed by atoms with Crippen molar-refractivity contribution >= 4 is 14.3 Å². The number of carboxylic acids is 1. The minimum absolute atomic E-state index is 0.0807. The van der Waals surface area contributed by atoms with Gasteiger partial charge in [-0.25, -0.2) is 4.79 Å². The summed E-state index contributed by atoms with van der Waals surface area (Å²) in [5.74, 6) is -0.221. The lowest BCUT2D eigenvalue weighted by Gasteiger charge is -2.37. The number of rotatable bonds is 10. The molecule has 0 saturated carbocycles. The van der Waals surface area contributed by atoms with Gasteiger partial charge in [0.15, 0.2) is 8.32 Å². The molecule has 0 amide bonds. The molecule has 0 aliphatic rings. The Labute approximate surface area is 158 Å². The lowest BCUT2D eigenvalue weighted by Crippen LogP contribution is -2.43. The molecule has 0 bridgehead atoms. The summed E-state index contributed by atoms with van der Waals surface area (Å²) in [6, 6.07) is 7.60. The van der Waals surface area contributed by atoms with Crippen molar-refractivity contribution in [3.05, 3.63) is 42.0 Å². The van der Waals surface area contributed by atoms with Gasteiger partial charge in [-0.1, -0.05) is 39.5 Å². The van der Waals surface area contributed by atoms with Crippen LogP contribution in [0.3, 0.4) is 0 Å². The summed E-state index contributed by atoms with van der Waals surface area (Å²) in [5.41, 5.74) is 1.12. The Hall–Kier alpha value is -1.63. The molecule has 0 saturated heterocycles. The zero-order valence-corrected chi connectivity index (χ0v) is 17.8.